The first-order valence-electron chi connectivity index (χ1n) is 7.94. The van der Waals surface area contributed by atoms with Gasteiger partial charge in [0.25, 0.3) is 0 Å². The highest BCUT2D eigenvalue weighted by Gasteiger charge is 2.33. The molecule has 3 atom stereocenters. The summed E-state index contributed by atoms with van der Waals surface area (Å²) in [4.78, 5) is 7.39. The number of nitrogens with zero attached hydrogens (tertiary/aromatic N) is 2. The Labute approximate surface area is 127 Å². The molecule has 2 heterocycles. The number of hydrogen-bond donors (Lipinski definition) is 1. The molecule has 4 heteroatoms. The first kappa shape index (κ1) is 15.9. The molecule has 1 aromatic heterocycles. The summed E-state index contributed by atoms with van der Waals surface area (Å²) >= 11 is 1.81. The Morgan fingerprint density at radius 3 is 2.75 bits per heavy atom. The number of rotatable bonds is 5. The van der Waals surface area contributed by atoms with Crippen molar-refractivity contribution in [2.75, 3.05) is 13.1 Å². The molecular weight excluding hydrogens is 266 g/mol. The standard InChI is InChI=1S/C16H29N3S/c1-6-7-14-9-19(15(8-17-14)11(2)3)13(5)16-18-12(4)10-20-16/h10-11,13-15,17H,6-9H2,1-5H3. The van der Waals surface area contributed by atoms with E-state index in [-0.39, 0.29) is 0 Å². The number of hydrogen-bond acceptors (Lipinski definition) is 4. The molecule has 1 fully saturated rings. The molecule has 3 unspecified atom stereocenters. The number of aromatic nitrogens is 1. The highest BCUT2D eigenvalue weighted by atomic mass is 32.1. The summed E-state index contributed by atoms with van der Waals surface area (Å²) in [5.74, 6) is 0.675. The van der Waals surface area contributed by atoms with E-state index >= 15 is 0 Å². The third-order valence-corrected chi connectivity index (χ3v) is 5.50. The summed E-state index contributed by atoms with van der Waals surface area (Å²) in [6.07, 6.45) is 2.52. The van der Waals surface area contributed by atoms with Crippen LogP contribution in [0, 0.1) is 12.8 Å². The zero-order valence-corrected chi connectivity index (χ0v) is 14.3. The lowest BCUT2D eigenvalue weighted by Crippen LogP contribution is -2.58. The summed E-state index contributed by atoms with van der Waals surface area (Å²) in [5.41, 5.74) is 1.15. The summed E-state index contributed by atoms with van der Waals surface area (Å²) in [7, 11) is 0. The fraction of sp³-hybridized carbons (Fsp3) is 0.812. The van der Waals surface area contributed by atoms with Crippen LogP contribution in [0.15, 0.2) is 5.38 Å². The number of piperazine rings is 1. The van der Waals surface area contributed by atoms with E-state index in [1.165, 1.54) is 17.8 Å². The van der Waals surface area contributed by atoms with Gasteiger partial charge in [0.15, 0.2) is 0 Å². The Morgan fingerprint density at radius 1 is 1.45 bits per heavy atom. The second-order valence-corrected chi connectivity index (χ2v) is 7.29. The number of thiazole rings is 1. The van der Waals surface area contributed by atoms with Crippen LogP contribution in [-0.4, -0.2) is 35.1 Å². The zero-order chi connectivity index (χ0) is 14.7. The Morgan fingerprint density at radius 2 is 2.20 bits per heavy atom. The average Bonchev–Trinajstić information content (AvgIpc) is 2.84. The fourth-order valence-corrected chi connectivity index (χ4v) is 4.04. The van der Waals surface area contributed by atoms with Gasteiger partial charge in [-0.1, -0.05) is 27.2 Å². The van der Waals surface area contributed by atoms with Crippen molar-refractivity contribution in [1.82, 2.24) is 15.2 Å². The van der Waals surface area contributed by atoms with Crippen molar-refractivity contribution in [3.05, 3.63) is 16.1 Å². The second kappa shape index (κ2) is 7.01. The molecule has 1 saturated heterocycles. The van der Waals surface area contributed by atoms with Gasteiger partial charge in [0.2, 0.25) is 0 Å². The minimum absolute atomic E-state index is 0.433. The van der Waals surface area contributed by atoms with Crippen LogP contribution in [0.4, 0.5) is 0 Å². The Hall–Kier alpha value is -0.450. The van der Waals surface area contributed by atoms with Crippen molar-refractivity contribution < 1.29 is 0 Å². The lowest BCUT2D eigenvalue weighted by Gasteiger charge is -2.45. The quantitative estimate of drug-likeness (QED) is 0.899. The van der Waals surface area contributed by atoms with Crippen molar-refractivity contribution in [3.8, 4) is 0 Å². The number of nitrogens with one attached hydrogen (secondary N) is 1. The molecule has 1 aliphatic rings. The SMILES string of the molecule is CCCC1CN(C(C)c2nc(C)cs2)C(C(C)C)CN1. The fourth-order valence-electron chi connectivity index (χ4n) is 3.17. The van der Waals surface area contributed by atoms with E-state index in [0.29, 0.717) is 24.0 Å². The Bertz CT molecular complexity index is 416. The van der Waals surface area contributed by atoms with Gasteiger partial charge >= 0.3 is 0 Å². The molecule has 0 aliphatic carbocycles. The van der Waals surface area contributed by atoms with Crippen LogP contribution in [0.2, 0.25) is 0 Å². The zero-order valence-electron chi connectivity index (χ0n) is 13.5. The Balaban J connectivity index is 2.13. The second-order valence-electron chi connectivity index (χ2n) is 6.41. The third-order valence-electron chi connectivity index (χ3n) is 4.37. The van der Waals surface area contributed by atoms with Gasteiger partial charge in [-0.25, -0.2) is 4.98 Å². The molecule has 1 aliphatic heterocycles. The van der Waals surface area contributed by atoms with E-state index in [1.54, 1.807) is 11.3 Å². The lowest BCUT2D eigenvalue weighted by atomic mass is 9.95. The van der Waals surface area contributed by atoms with Gasteiger partial charge in [0, 0.05) is 36.2 Å². The highest BCUT2D eigenvalue weighted by Crippen LogP contribution is 2.30. The van der Waals surface area contributed by atoms with Crippen molar-refractivity contribution >= 4 is 11.3 Å². The van der Waals surface area contributed by atoms with E-state index in [1.807, 2.05) is 0 Å². The topological polar surface area (TPSA) is 28.2 Å². The van der Waals surface area contributed by atoms with E-state index < -0.39 is 0 Å². The monoisotopic (exact) mass is 295 g/mol. The summed E-state index contributed by atoms with van der Waals surface area (Å²) in [6, 6.07) is 1.68. The first-order chi connectivity index (χ1) is 9.52. The van der Waals surface area contributed by atoms with Gasteiger partial charge in [-0.3, -0.25) is 4.90 Å². The van der Waals surface area contributed by atoms with E-state index in [4.69, 9.17) is 4.98 Å². The molecule has 0 amide bonds. The van der Waals surface area contributed by atoms with Gasteiger partial charge in [-0.2, -0.15) is 0 Å². The van der Waals surface area contributed by atoms with Gasteiger partial charge in [-0.05, 0) is 26.2 Å². The highest BCUT2D eigenvalue weighted by molar-refractivity contribution is 7.09. The molecule has 0 radical (unpaired) electrons. The van der Waals surface area contributed by atoms with Crippen molar-refractivity contribution in [3.63, 3.8) is 0 Å². The van der Waals surface area contributed by atoms with Gasteiger partial charge in [0.05, 0.1) is 6.04 Å². The van der Waals surface area contributed by atoms with Crippen molar-refractivity contribution in [2.45, 2.75) is 65.6 Å². The third kappa shape index (κ3) is 3.60. The van der Waals surface area contributed by atoms with Crippen LogP contribution in [0.5, 0.6) is 0 Å². The lowest BCUT2D eigenvalue weighted by molar-refractivity contribution is 0.0596. The van der Waals surface area contributed by atoms with Gasteiger partial charge in [-0.15, -0.1) is 11.3 Å². The predicted octanol–water partition coefficient (Wildman–Crippen LogP) is 3.61. The van der Waals surface area contributed by atoms with Gasteiger partial charge in [0.1, 0.15) is 5.01 Å². The molecule has 0 bridgehead atoms. The molecule has 1 N–H and O–H groups in total. The summed E-state index contributed by atoms with van der Waals surface area (Å²) in [5, 5.41) is 7.17. The van der Waals surface area contributed by atoms with Crippen molar-refractivity contribution in [1.29, 1.82) is 0 Å². The van der Waals surface area contributed by atoms with Crippen LogP contribution < -0.4 is 5.32 Å². The van der Waals surface area contributed by atoms with Crippen LogP contribution in [0.25, 0.3) is 0 Å². The van der Waals surface area contributed by atoms with E-state index in [2.05, 4.69) is 50.2 Å². The minimum Gasteiger partial charge on any atom is -0.311 e. The predicted molar refractivity (Wildman–Crippen MR) is 87.3 cm³/mol. The van der Waals surface area contributed by atoms with Crippen LogP contribution in [0.1, 0.15) is 57.3 Å². The van der Waals surface area contributed by atoms with Crippen LogP contribution in [0.3, 0.4) is 0 Å². The molecule has 1 aromatic rings. The van der Waals surface area contributed by atoms with E-state index in [0.717, 1.165) is 18.8 Å². The maximum absolute atomic E-state index is 4.71. The molecule has 0 spiro atoms. The molecular formula is C16H29N3S. The largest absolute Gasteiger partial charge is 0.311 e. The Kier molecular flexibility index (Phi) is 5.58. The van der Waals surface area contributed by atoms with Crippen LogP contribution in [-0.2, 0) is 0 Å². The number of aryl methyl sites for hydroxylation is 1. The maximum Gasteiger partial charge on any atom is 0.110 e. The molecule has 2 rings (SSSR count). The average molecular weight is 295 g/mol. The summed E-state index contributed by atoms with van der Waals surface area (Å²) < 4.78 is 0. The molecule has 114 valence electrons. The normalized spacial score (nSPS) is 26.1. The van der Waals surface area contributed by atoms with E-state index in [9.17, 15) is 0 Å². The summed E-state index contributed by atoms with van der Waals surface area (Å²) in [6.45, 7) is 13.6. The van der Waals surface area contributed by atoms with Gasteiger partial charge < -0.3 is 5.32 Å². The first-order valence-corrected chi connectivity index (χ1v) is 8.82. The molecule has 0 aromatic carbocycles. The van der Waals surface area contributed by atoms with Crippen molar-refractivity contribution in [2.24, 2.45) is 5.92 Å². The molecule has 3 nitrogen and oxygen atoms in total. The smallest absolute Gasteiger partial charge is 0.110 e. The molecule has 0 saturated carbocycles. The maximum atomic E-state index is 4.71. The van der Waals surface area contributed by atoms with Crippen LogP contribution >= 0.6 is 11.3 Å². The molecule has 20 heavy (non-hydrogen) atoms. The minimum atomic E-state index is 0.433.